The fourth-order valence-corrected chi connectivity index (χ4v) is 4.90. The molecule has 1 aliphatic carbocycles. The van der Waals surface area contributed by atoms with Crippen molar-refractivity contribution in [1.29, 1.82) is 0 Å². The van der Waals surface area contributed by atoms with E-state index in [1.54, 1.807) is 36.4 Å². The van der Waals surface area contributed by atoms with E-state index in [9.17, 15) is 26.0 Å². The Kier molecular flexibility index (Phi) is 6.51. The van der Waals surface area contributed by atoms with Gasteiger partial charge in [0.2, 0.25) is 16.0 Å². The van der Waals surface area contributed by atoms with Gasteiger partial charge in [-0.1, -0.05) is 30.3 Å². The van der Waals surface area contributed by atoms with E-state index in [1.165, 1.54) is 24.3 Å². The molecule has 1 unspecified atom stereocenters. The molecule has 2 aromatic carbocycles. The molecule has 0 spiro atoms. The lowest BCUT2D eigenvalue weighted by molar-refractivity contribution is -0.198. The lowest BCUT2D eigenvalue weighted by Crippen LogP contribution is -2.57. The highest BCUT2D eigenvalue weighted by Gasteiger charge is 2.59. The molecule has 1 atom stereocenters. The summed E-state index contributed by atoms with van der Waals surface area (Å²) in [4.78, 5) is 8.79. The monoisotopic (exact) mass is 548 g/mol. The lowest BCUT2D eigenvalue weighted by atomic mass is 9.76. The van der Waals surface area contributed by atoms with E-state index < -0.39 is 33.6 Å². The number of benzene rings is 2. The number of hydrogen-bond acceptors (Lipinski definition) is 7. The number of nitrogens with two attached hydrogens (primary N) is 1. The molecule has 0 saturated heterocycles. The smallest absolute Gasteiger partial charge is 0.370 e. The van der Waals surface area contributed by atoms with Gasteiger partial charge >= 0.3 is 6.18 Å². The van der Waals surface area contributed by atoms with Gasteiger partial charge in [0.1, 0.15) is 17.0 Å². The first kappa shape index (κ1) is 25.9. The van der Waals surface area contributed by atoms with Crippen molar-refractivity contribution in [3.63, 3.8) is 0 Å². The minimum absolute atomic E-state index is 0.00411. The second-order valence-corrected chi connectivity index (χ2v) is 10.9. The number of hydrogen-bond donors (Lipinski definition) is 4. The Morgan fingerprint density at radius 2 is 1.74 bits per heavy atom. The molecule has 0 amide bonds. The van der Waals surface area contributed by atoms with Crippen LogP contribution in [0.15, 0.2) is 59.5 Å². The molecule has 2 aliphatic rings. The van der Waals surface area contributed by atoms with Gasteiger partial charge in [0.05, 0.1) is 16.6 Å². The minimum Gasteiger partial charge on any atom is -0.370 e. The van der Waals surface area contributed by atoms with Crippen LogP contribution in [0.1, 0.15) is 42.1 Å². The molecule has 0 bridgehead atoms. The van der Waals surface area contributed by atoms with Crippen molar-refractivity contribution in [2.45, 2.75) is 48.5 Å². The number of halogens is 4. The fourth-order valence-electron chi connectivity index (χ4n) is 4.38. The predicted octanol–water partition coefficient (Wildman–Crippen LogP) is 4.95. The van der Waals surface area contributed by atoms with E-state index in [1.807, 2.05) is 0 Å². The Morgan fingerprint density at radius 1 is 1.05 bits per heavy atom. The van der Waals surface area contributed by atoms with Gasteiger partial charge in [-0.15, -0.1) is 0 Å². The maximum Gasteiger partial charge on any atom is 0.411 e. The summed E-state index contributed by atoms with van der Waals surface area (Å²) < 4.78 is 78.3. The van der Waals surface area contributed by atoms with E-state index in [2.05, 4.69) is 25.9 Å². The minimum atomic E-state index is -4.48. The maximum atomic E-state index is 14.0. The van der Waals surface area contributed by atoms with E-state index in [4.69, 9.17) is 5.14 Å². The van der Waals surface area contributed by atoms with Crippen LogP contribution in [-0.2, 0) is 16.6 Å². The number of sulfonamides is 1. The summed E-state index contributed by atoms with van der Waals surface area (Å²) >= 11 is 0. The van der Waals surface area contributed by atoms with Crippen molar-refractivity contribution in [3.05, 3.63) is 77.2 Å². The van der Waals surface area contributed by atoms with E-state index in [-0.39, 0.29) is 36.0 Å². The van der Waals surface area contributed by atoms with Crippen LogP contribution in [0.2, 0.25) is 0 Å². The Hall–Kier alpha value is -3.71. The van der Waals surface area contributed by atoms with Gasteiger partial charge in [-0.25, -0.2) is 22.9 Å². The van der Waals surface area contributed by atoms with Crippen molar-refractivity contribution in [1.82, 2.24) is 9.97 Å². The second-order valence-electron chi connectivity index (χ2n) is 9.29. The van der Waals surface area contributed by atoms with E-state index in [0.717, 1.165) is 5.56 Å². The molecular weight excluding hydrogens is 524 g/mol. The number of aromatic nitrogens is 2. The topological polar surface area (TPSA) is 122 Å². The van der Waals surface area contributed by atoms with Crippen molar-refractivity contribution in [2.75, 3.05) is 16.0 Å². The standard InChI is InChI=1S/C25H24F4N6O2S/c26-17-6-4-16(5-7-17)19-10-11-20-21(32-19)22(35-24(12-1-13-24)25(27,28)29)34-23(33-20)31-14-15-2-8-18(9-3-15)38(30,36)37/h2-11,19,32H,1,12-14H2,(H2,30,36,37)(H2,31,33,34,35). The summed E-state index contributed by atoms with van der Waals surface area (Å²) in [6.45, 7) is 0.183. The third-order valence-electron chi connectivity index (χ3n) is 6.72. The Labute approximate surface area is 216 Å². The first-order valence-electron chi connectivity index (χ1n) is 11.8. The maximum absolute atomic E-state index is 14.0. The zero-order valence-corrected chi connectivity index (χ0v) is 20.7. The zero-order chi connectivity index (χ0) is 27.1. The second kappa shape index (κ2) is 9.55. The van der Waals surface area contributed by atoms with Gasteiger partial charge in [0, 0.05) is 6.54 Å². The van der Waals surface area contributed by atoms with Crippen LogP contribution in [0.25, 0.3) is 6.08 Å². The largest absolute Gasteiger partial charge is 0.411 e. The number of nitrogens with zero attached hydrogens (tertiary/aromatic N) is 2. The summed E-state index contributed by atoms with van der Waals surface area (Å²) in [7, 11) is -3.83. The highest BCUT2D eigenvalue weighted by atomic mass is 32.2. The molecule has 5 rings (SSSR count). The van der Waals surface area contributed by atoms with Crippen LogP contribution in [0, 0.1) is 5.82 Å². The van der Waals surface area contributed by atoms with Crippen LogP contribution < -0.4 is 21.1 Å². The fraction of sp³-hybridized carbons (Fsp3) is 0.280. The van der Waals surface area contributed by atoms with Gasteiger partial charge in [0.15, 0.2) is 5.82 Å². The molecule has 1 aromatic heterocycles. The number of anilines is 3. The summed E-state index contributed by atoms with van der Waals surface area (Å²) in [5.74, 6) is -0.313. The Balaban J connectivity index is 1.45. The van der Waals surface area contributed by atoms with E-state index >= 15 is 0 Å². The van der Waals surface area contributed by atoms with Gasteiger partial charge in [0.25, 0.3) is 0 Å². The predicted molar refractivity (Wildman–Crippen MR) is 135 cm³/mol. The lowest BCUT2D eigenvalue weighted by Gasteiger charge is -2.44. The van der Waals surface area contributed by atoms with Crippen LogP contribution in [-0.4, -0.2) is 30.1 Å². The molecule has 1 fully saturated rings. The molecule has 13 heteroatoms. The summed E-state index contributed by atoms with van der Waals surface area (Å²) in [6.07, 6.45) is -0.740. The van der Waals surface area contributed by atoms with Crippen molar-refractivity contribution in [3.8, 4) is 0 Å². The molecule has 5 N–H and O–H groups in total. The number of nitrogens with one attached hydrogen (secondary N) is 3. The molecule has 1 aliphatic heterocycles. The van der Waals surface area contributed by atoms with Crippen molar-refractivity contribution in [2.24, 2.45) is 5.14 Å². The van der Waals surface area contributed by atoms with Crippen molar-refractivity contribution < 1.29 is 26.0 Å². The van der Waals surface area contributed by atoms with Gasteiger partial charge < -0.3 is 16.0 Å². The molecular formula is C25H24F4N6O2S. The zero-order valence-electron chi connectivity index (χ0n) is 19.9. The number of alkyl halides is 3. The van der Waals surface area contributed by atoms with Crippen LogP contribution in [0.5, 0.6) is 0 Å². The summed E-state index contributed by atoms with van der Waals surface area (Å²) in [5.41, 5.74) is -0.00275. The van der Waals surface area contributed by atoms with Gasteiger partial charge in [-0.05, 0) is 60.7 Å². The Morgan fingerprint density at radius 3 is 2.32 bits per heavy atom. The molecule has 38 heavy (non-hydrogen) atoms. The van der Waals surface area contributed by atoms with Crippen molar-refractivity contribution >= 4 is 33.6 Å². The highest BCUT2D eigenvalue weighted by molar-refractivity contribution is 7.89. The number of rotatable bonds is 7. The normalized spacial score (nSPS) is 18.2. The number of fused-ring (bicyclic) bond motifs is 1. The van der Waals surface area contributed by atoms with Crippen LogP contribution >= 0.6 is 0 Å². The summed E-state index contributed by atoms with van der Waals surface area (Å²) in [6, 6.07) is 11.2. The van der Waals surface area contributed by atoms with Gasteiger partial charge in [-0.2, -0.15) is 18.2 Å². The van der Waals surface area contributed by atoms with Crippen LogP contribution in [0.4, 0.5) is 35.0 Å². The summed E-state index contributed by atoms with van der Waals surface area (Å²) in [5, 5.41) is 14.0. The average molecular weight is 549 g/mol. The molecule has 3 aromatic rings. The molecule has 2 heterocycles. The SMILES string of the molecule is NS(=O)(=O)c1ccc(CNc2nc3c(c(NC4(C(F)(F)F)CCC4)n2)NC(c2ccc(F)cc2)C=C3)cc1. The first-order chi connectivity index (χ1) is 17.9. The molecule has 0 radical (unpaired) electrons. The third kappa shape index (κ3) is 5.16. The molecule has 8 nitrogen and oxygen atoms in total. The highest BCUT2D eigenvalue weighted by Crippen LogP contribution is 2.48. The first-order valence-corrected chi connectivity index (χ1v) is 13.3. The van der Waals surface area contributed by atoms with Gasteiger partial charge in [-0.3, -0.25) is 0 Å². The number of primary sulfonamides is 1. The third-order valence-corrected chi connectivity index (χ3v) is 7.65. The Bertz CT molecular complexity index is 1470. The van der Waals surface area contributed by atoms with E-state index in [0.29, 0.717) is 23.4 Å². The average Bonchev–Trinajstić information content (AvgIpc) is 2.84. The molecule has 1 saturated carbocycles. The quantitative estimate of drug-likeness (QED) is 0.308. The van der Waals surface area contributed by atoms with Crippen LogP contribution in [0.3, 0.4) is 0 Å². The molecule has 200 valence electrons.